The molecule has 0 saturated carbocycles. The monoisotopic (exact) mass is 308 g/mol. The summed E-state index contributed by atoms with van der Waals surface area (Å²) in [4.78, 5) is 37.8. The summed E-state index contributed by atoms with van der Waals surface area (Å²) in [5.41, 5.74) is 0.146. The van der Waals surface area contributed by atoms with E-state index in [9.17, 15) is 18.8 Å². The van der Waals surface area contributed by atoms with Crippen LogP contribution < -0.4 is 4.90 Å². The van der Waals surface area contributed by atoms with Crippen molar-refractivity contribution >= 4 is 23.5 Å². The molecule has 0 aliphatic carbocycles. The van der Waals surface area contributed by atoms with Crippen LogP contribution in [0.15, 0.2) is 24.3 Å². The quantitative estimate of drug-likeness (QED) is 0.772. The summed E-state index contributed by atoms with van der Waals surface area (Å²) >= 11 is 0. The topological polar surface area (TPSA) is 66.9 Å². The molecule has 2 amide bonds. The minimum absolute atomic E-state index is 0.0504. The van der Waals surface area contributed by atoms with Gasteiger partial charge in [-0.3, -0.25) is 14.4 Å². The number of para-hydroxylation sites is 1. The average molecular weight is 308 g/mol. The number of ether oxygens (including phenoxy) is 1. The first kappa shape index (κ1) is 15.9. The van der Waals surface area contributed by atoms with E-state index in [0.717, 1.165) is 0 Å². The zero-order valence-electron chi connectivity index (χ0n) is 12.4. The van der Waals surface area contributed by atoms with Gasteiger partial charge in [-0.15, -0.1) is 0 Å². The Bertz CT molecular complexity index is 603. The third kappa shape index (κ3) is 3.41. The summed E-state index contributed by atoms with van der Waals surface area (Å²) in [5.74, 6) is -2.52. The van der Waals surface area contributed by atoms with Gasteiger partial charge in [0.05, 0.1) is 11.6 Å². The second-order valence-electron chi connectivity index (χ2n) is 5.25. The number of halogens is 1. The molecule has 0 N–H and O–H groups in total. The van der Waals surface area contributed by atoms with Gasteiger partial charge in [-0.1, -0.05) is 12.1 Å². The van der Waals surface area contributed by atoms with Crippen LogP contribution in [0.25, 0.3) is 0 Å². The Hall–Kier alpha value is -2.44. The Morgan fingerprint density at radius 1 is 1.36 bits per heavy atom. The van der Waals surface area contributed by atoms with Gasteiger partial charge in [-0.25, -0.2) is 4.39 Å². The minimum Gasteiger partial charge on any atom is -0.455 e. The molecule has 1 fully saturated rings. The lowest BCUT2D eigenvalue weighted by atomic mass is 10.1. The smallest absolute Gasteiger partial charge is 0.311 e. The predicted molar refractivity (Wildman–Crippen MR) is 76.5 cm³/mol. The highest BCUT2D eigenvalue weighted by atomic mass is 19.1. The number of nitrogens with zero attached hydrogens (tertiary/aromatic N) is 2. The van der Waals surface area contributed by atoms with Gasteiger partial charge in [-0.05, 0) is 12.1 Å². The molecule has 0 bridgehead atoms. The number of hydrogen-bond donors (Lipinski definition) is 0. The van der Waals surface area contributed by atoms with Crippen LogP contribution in [0, 0.1) is 11.7 Å². The van der Waals surface area contributed by atoms with E-state index in [1.807, 2.05) is 0 Å². The molecule has 2 rings (SSSR count). The predicted octanol–water partition coefficient (Wildman–Crippen LogP) is 0.810. The molecule has 1 aromatic carbocycles. The molecule has 0 unspecified atom stereocenters. The van der Waals surface area contributed by atoms with E-state index in [-0.39, 0.29) is 37.1 Å². The van der Waals surface area contributed by atoms with Gasteiger partial charge in [0.1, 0.15) is 5.82 Å². The van der Waals surface area contributed by atoms with Crippen LogP contribution in [0.3, 0.4) is 0 Å². The van der Waals surface area contributed by atoms with E-state index in [0.29, 0.717) is 0 Å². The van der Waals surface area contributed by atoms with E-state index in [2.05, 4.69) is 0 Å². The highest BCUT2D eigenvalue weighted by Gasteiger charge is 2.37. The summed E-state index contributed by atoms with van der Waals surface area (Å²) in [6.07, 6.45) is -0.0523. The third-order valence-corrected chi connectivity index (χ3v) is 3.44. The van der Waals surface area contributed by atoms with E-state index < -0.39 is 17.7 Å². The van der Waals surface area contributed by atoms with Crippen molar-refractivity contribution in [2.45, 2.75) is 6.42 Å². The molecule has 0 spiro atoms. The largest absolute Gasteiger partial charge is 0.455 e. The van der Waals surface area contributed by atoms with Crippen LogP contribution in [0.2, 0.25) is 0 Å². The molecule has 1 aromatic rings. The van der Waals surface area contributed by atoms with Gasteiger partial charge >= 0.3 is 5.97 Å². The number of likely N-dealkylation sites (N-methyl/N-ethyl adjacent to an activating group) is 1. The SMILES string of the molecule is CN(C)C(=O)COC(=O)[C@H]1CC(=O)N(c2ccccc2F)C1. The molecular weight excluding hydrogens is 291 g/mol. The second-order valence-corrected chi connectivity index (χ2v) is 5.25. The van der Waals surface area contributed by atoms with Crippen molar-refractivity contribution in [1.82, 2.24) is 4.90 Å². The lowest BCUT2D eigenvalue weighted by Crippen LogP contribution is -2.30. The maximum Gasteiger partial charge on any atom is 0.311 e. The number of carbonyl (C=O) groups is 3. The number of esters is 1. The van der Waals surface area contributed by atoms with Crippen LogP contribution >= 0.6 is 0 Å². The third-order valence-electron chi connectivity index (χ3n) is 3.44. The number of amides is 2. The summed E-state index contributed by atoms with van der Waals surface area (Å²) in [6.45, 7) is -0.315. The molecule has 7 heteroatoms. The van der Waals surface area contributed by atoms with E-state index in [1.54, 1.807) is 20.2 Å². The molecule has 1 atom stereocenters. The molecule has 1 heterocycles. The average Bonchev–Trinajstić information content (AvgIpc) is 2.86. The maximum atomic E-state index is 13.7. The van der Waals surface area contributed by atoms with E-state index in [4.69, 9.17) is 4.74 Å². The molecule has 6 nitrogen and oxygen atoms in total. The first-order valence-corrected chi connectivity index (χ1v) is 6.82. The zero-order chi connectivity index (χ0) is 16.3. The van der Waals surface area contributed by atoms with Crippen molar-refractivity contribution in [1.29, 1.82) is 0 Å². The first-order chi connectivity index (χ1) is 10.4. The van der Waals surface area contributed by atoms with Gasteiger partial charge in [-0.2, -0.15) is 0 Å². The molecule has 0 aromatic heterocycles. The Labute approximate surface area is 127 Å². The normalized spacial score (nSPS) is 17.5. The van der Waals surface area contributed by atoms with Crippen molar-refractivity contribution in [2.75, 3.05) is 32.1 Å². The maximum absolute atomic E-state index is 13.7. The highest BCUT2D eigenvalue weighted by molar-refractivity contribution is 5.99. The highest BCUT2D eigenvalue weighted by Crippen LogP contribution is 2.27. The van der Waals surface area contributed by atoms with Gasteiger partial charge in [0.25, 0.3) is 5.91 Å². The van der Waals surface area contributed by atoms with Crippen LogP contribution in [-0.4, -0.2) is 49.9 Å². The van der Waals surface area contributed by atoms with Crippen molar-refractivity contribution in [2.24, 2.45) is 5.92 Å². The first-order valence-electron chi connectivity index (χ1n) is 6.82. The zero-order valence-corrected chi connectivity index (χ0v) is 12.4. The fourth-order valence-electron chi connectivity index (χ4n) is 2.15. The molecule has 22 heavy (non-hydrogen) atoms. The fourth-order valence-corrected chi connectivity index (χ4v) is 2.15. The molecule has 1 aliphatic rings. The van der Waals surface area contributed by atoms with E-state index in [1.165, 1.54) is 28.0 Å². The van der Waals surface area contributed by atoms with Gasteiger partial charge in [0.2, 0.25) is 5.91 Å². The fraction of sp³-hybridized carbons (Fsp3) is 0.400. The summed E-state index contributed by atoms with van der Waals surface area (Å²) in [6, 6.07) is 5.88. The van der Waals surface area contributed by atoms with Crippen molar-refractivity contribution in [3.05, 3.63) is 30.1 Å². The number of hydrogen-bond acceptors (Lipinski definition) is 4. The summed E-state index contributed by atoms with van der Waals surface area (Å²) in [5, 5.41) is 0. The summed E-state index contributed by atoms with van der Waals surface area (Å²) in [7, 11) is 3.10. The van der Waals surface area contributed by atoms with E-state index >= 15 is 0 Å². The van der Waals surface area contributed by atoms with Crippen molar-refractivity contribution in [3.63, 3.8) is 0 Å². The van der Waals surface area contributed by atoms with Crippen LogP contribution in [0.4, 0.5) is 10.1 Å². The number of rotatable bonds is 4. The van der Waals surface area contributed by atoms with Crippen LogP contribution in [0.1, 0.15) is 6.42 Å². The number of carbonyl (C=O) groups excluding carboxylic acids is 3. The number of anilines is 1. The molecule has 1 aliphatic heterocycles. The van der Waals surface area contributed by atoms with Crippen LogP contribution in [0.5, 0.6) is 0 Å². The van der Waals surface area contributed by atoms with Gasteiger partial charge < -0.3 is 14.5 Å². The molecule has 1 saturated heterocycles. The molecule has 0 radical (unpaired) electrons. The summed E-state index contributed by atoms with van der Waals surface area (Å²) < 4.78 is 18.6. The molecule has 118 valence electrons. The Balaban J connectivity index is 1.99. The van der Waals surface area contributed by atoms with Gasteiger partial charge in [0.15, 0.2) is 6.61 Å². The number of benzene rings is 1. The van der Waals surface area contributed by atoms with Crippen molar-refractivity contribution < 1.29 is 23.5 Å². The second kappa shape index (κ2) is 6.55. The lowest BCUT2D eigenvalue weighted by Gasteiger charge is -2.17. The Morgan fingerprint density at radius 2 is 2.05 bits per heavy atom. The Kier molecular flexibility index (Phi) is 4.75. The molecular formula is C15H17FN2O4. The van der Waals surface area contributed by atoms with Crippen molar-refractivity contribution in [3.8, 4) is 0 Å². The minimum atomic E-state index is -0.693. The van der Waals surface area contributed by atoms with Gasteiger partial charge in [0, 0.05) is 27.1 Å². The van der Waals surface area contributed by atoms with Crippen LogP contribution in [-0.2, 0) is 19.1 Å². The standard InChI is InChI=1S/C15H17FN2O4/c1-17(2)14(20)9-22-15(21)10-7-13(19)18(8-10)12-6-4-3-5-11(12)16/h3-6,10H,7-9H2,1-2H3/t10-/m0/s1. The lowest BCUT2D eigenvalue weighted by molar-refractivity contribution is -0.154. The Morgan fingerprint density at radius 3 is 2.68 bits per heavy atom.